The standard InChI is InChI=1S/C43H55N3O7Si/c1-29(2)12-11-13-30(3)22-23-46-37-21-18-34(44-41(49)33-16-19-35(52-5)20-17-33)26-36(37)43(42(46)50)31(4)40(54(6,7)51)38(53-43)27-39(48)45(24-25-47)28-32-14-9-8-10-15-32/h8-10,12,14-22,26,31,38,40,47,51H,11,13,23-25,27-28H2,1-7H3,(H,44,49)/b30-22+/t31-,38+,40-,43+/m1/s1. The van der Waals surface area contributed by atoms with Crippen LogP contribution < -0.4 is 15.0 Å². The number of carbonyl (C=O) groups excluding carboxylic acids is 3. The largest absolute Gasteiger partial charge is 0.497 e. The Kier molecular flexibility index (Phi) is 13.0. The molecule has 0 radical (unpaired) electrons. The third kappa shape index (κ3) is 8.87. The number of carbonyl (C=O) groups is 3. The fourth-order valence-corrected chi connectivity index (χ4v) is 10.5. The highest BCUT2D eigenvalue weighted by Crippen LogP contribution is 2.60. The molecular weight excluding hydrogens is 699 g/mol. The predicted octanol–water partition coefficient (Wildman–Crippen LogP) is 7.20. The van der Waals surface area contributed by atoms with Gasteiger partial charge in [0.05, 0.1) is 31.9 Å². The number of aliphatic hydroxyl groups excluding tert-OH is 1. The van der Waals surface area contributed by atoms with Crippen molar-refractivity contribution in [1.82, 2.24) is 4.90 Å². The molecule has 0 aliphatic carbocycles. The van der Waals surface area contributed by atoms with Gasteiger partial charge < -0.3 is 34.5 Å². The summed E-state index contributed by atoms with van der Waals surface area (Å²) in [5, 5.41) is 12.9. The maximum Gasteiger partial charge on any atom is 0.264 e. The van der Waals surface area contributed by atoms with Crippen LogP contribution in [0.2, 0.25) is 18.6 Å². The molecule has 3 aromatic carbocycles. The first kappa shape index (κ1) is 40.6. The van der Waals surface area contributed by atoms with Crippen LogP contribution in [-0.4, -0.2) is 73.8 Å². The van der Waals surface area contributed by atoms with Crippen molar-refractivity contribution in [2.75, 3.05) is 37.0 Å². The number of anilines is 2. The Balaban J connectivity index is 1.52. The first-order chi connectivity index (χ1) is 25.7. The zero-order valence-electron chi connectivity index (χ0n) is 32.6. The Labute approximate surface area is 320 Å². The molecule has 4 atom stereocenters. The first-order valence-electron chi connectivity index (χ1n) is 18.7. The Hall–Kier alpha value is -4.55. The molecule has 3 amide bonds. The SMILES string of the molecule is COc1ccc(C(=O)Nc2ccc3c(c2)[C@]2(O[C@@H](CC(=O)N(CCO)Cc4ccccc4)[C@H]([Si](C)(C)O)[C@H]2C)C(=O)N3C/C=C(\C)CCC=C(C)C)cc1. The molecule has 54 heavy (non-hydrogen) atoms. The van der Waals surface area contributed by atoms with Crippen molar-refractivity contribution >= 4 is 37.4 Å². The predicted molar refractivity (Wildman–Crippen MR) is 215 cm³/mol. The molecule has 2 heterocycles. The molecule has 0 bridgehead atoms. The Morgan fingerprint density at radius 1 is 1.04 bits per heavy atom. The van der Waals surface area contributed by atoms with Crippen LogP contribution in [0.4, 0.5) is 11.4 Å². The quantitative estimate of drug-likeness (QED) is 0.111. The van der Waals surface area contributed by atoms with Crippen LogP contribution >= 0.6 is 0 Å². The highest BCUT2D eigenvalue weighted by atomic mass is 28.4. The number of nitrogens with zero attached hydrogens (tertiary/aromatic N) is 2. The summed E-state index contributed by atoms with van der Waals surface area (Å²) in [7, 11) is -1.51. The third-order valence-electron chi connectivity index (χ3n) is 10.6. The topological polar surface area (TPSA) is 129 Å². The van der Waals surface area contributed by atoms with Gasteiger partial charge in [-0.2, -0.15) is 0 Å². The second-order valence-electron chi connectivity index (χ2n) is 15.3. The molecule has 3 aromatic rings. The molecule has 1 spiro atoms. The third-order valence-corrected chi connectivity index (χ3v) is 13.1. The van der Waals surface area contributed by atoms with Crippen LogP contribution in [0.1, 0.15) is 68.4 Å². The van der Waals surface area contributed by atoms with E-state index in [1.54, 1.807) is 53.3 Å². The van der Waals surface area contributed by atoms with E-state index < -0.39 is 31.5 Å². The van der Waals surface area contributed by atoms with Crippen molar-refractivity contribution in [2.24, 2.45) is 5.92 Å². The number of allylic oxidation sites excluding steroid dienone is 3. The molecule has 1 fully saturated rings. The van der Waals surface area contributed by atoms with Gasteiger partial charge in [0, 0.05) is 47.9 Å². The lowest BCUT2D eigenvalue weighted by atomic mass is 9.82. The van der Waals surface area contributed by atoms with E-state index in [0.29, 0.717) is 41.3 Å². The summed E-state index contributed by atoms with van der Waals surface area (Å²) in [5.41, 5.74) is 3.53. The van der Waals surface area contributed by atoms with Gasteiger partial charge in [-0.1, -0.05) is 60.6 Å². The Bertz CT molecular complexity index is 1870. The van der Waals surface area contributed by atoms with Crippen molar-refractivity contribution in [3.8, 4) is 5.75 Å². The monoisotopic (exact) mass is 753 g/mol. The molecule has 3 N–H and O–H groups in total. The van der Waals surface area contributed by atoms with Crippen molar-refractivity contribution < 1.29 is 33.8 Å². The Morgan fingerprint density at radius 2 is 1.74 bits per heavy atom. The molecule has 0 saturated carbocycles. The number of hydrogen-bond acceptors (Lipinski definition) is 7. The summed E-state index contributed by atoms with van der Waals surface area (Å²) in [6, 6.07) is 21.8. The molecule has 0 aromatic heterocycles. The van der Waals surface area contributed by atoms with E-state index in [2.05, 4.69) is 38.2 Å². The second-order valence-corrected chi connectivity index (χ2v) is 19.3. The smallest absolute Gasteiger partial charge is 0.264 e. The summed E-state index contributed by atoms with van der Waals surface area (Å²) in [6.07, 6.45) is 5.19. The van der Waals surface area contributed by atoms with Gasteiger partial charge in [-0.15, -0.1) is 0 Å². The van der Waals surface area contributed by atoms with Crippen molar-refractivity contribution in [3.63, 3.8) is 0 Å². The minimum Gasteiger partial charge on any atom is -0.497 e. The van der Waals surface area contributed by atoms with Crippen LogP contribution in [0.5, 0.6) is 5.75 Å². The van der Waals surface area contributed by atoms with E-state index in [1.807, 2.05) is 56.4 Å². The van der Waals surface area contributed by atoms with Gasteiger partial charge in [0.25, 0.3) is 11.8 Å². The van der Waals surface area contributed by atoms with E-state index >= 15 is 0 Å². The number of amides is 3. The van der Waals surface area contributed by atoms with Crippen LogP contribution in [-0.2, 0) is 26.5 Å². The second kappa shape index (κ2) is 17.3. The molecule has 1 saturated heterocycles. The first-order valence-corrected chi connectivity index (χ1v) is 21.8. The number of rotatable bonds is 15. The van der Waals surface area contributed by atoms with Crippen LogP contribution in [0.15, 0.2) is 96.1 Å². The van der Waals surface area contributed by atoms with E-state index in [1.165, 1.54) is 5.57 Å². The van der Waals surface area contributed by atoms with Crippen molar-refractivity contribution in [3.05, 3.63) is 113 Å². The molecular formula is C43H55N3O7Si. The average molecular weight is 754 g/mol. The maximum atomic E-state index is 15.0. The Morgan fingerprint density at radius 3 is 2.37 bits per heavy atom. The highest BCUT2D eigenvalue weighted by Gasteiger charge is 2.66. The number of ether oxygens (including phenoxy) is 2. The average Bonchev–Trinajstić information content (AvgIpc) is 3.56. The zero-order chi connectivity index (χ0) is 39.2. The minimum atomic E-state index is -3.08. The number of hydrogen-bond donors (Lipinski definition) is 3. The van der Waals surface area contributed by atoms with E-state index in [4.69, 9.17) is 9.47 Å². The number of methoxy groups -OCH3 is 1. The lowest BCUT2D eigenvalue weighted by Gasteiger charge is -2.32. The normalized spacial score (nSPS) is 20.9. The molecule has 2 aliphatic heterocycles. The minimum absolute atomic E-state index is 0.0690. The lowest BCUT2D eigenvalue weighted by molar-refractivity contribution is -0.149. The molecule has 0 unspecified atom stereocenters. The number of fused-ring (bicyclic) bond motifs is 2. The molecule has 11 heteroatoms. The van der Waals surface area contributed by atoms with Crippen LogP contribution in [0, 0.1) is 5.92 Å². The van der Waals surface area contributed by atoms with E-state index in [9.17, 15) is 24.3 Å². The lowest BCUT2D eigenvalue weighted by Crippen LogP contribution is -2.46. The van der Waals surface area contributed by atoms with Gasteiger partial charge in [0.1, 0.15) is 5.75 Å². The summed E-state index contributed by atoms with van der Waals surface area (Å²) >= 11 is 0. The van der Waals surface area contributed by atoms with Crippen LogP contribution in [0.25, 0.3) is 0 Å². The molecule has 5 rings (SSSR count). The van der Waals surface area contributed by atoms with Gasteiger partial charge in [0.15, 0.2) is 13.9 Å². The van der Waals surface area contributed by atoms with Gasteiger partial charge in [-0.25, -0.2) is 0 Å². The number of nitrogens with one attached hydrogen (secondary N) is 1. The van der Waals surface area contributed by atoms with Crippen molar-refractivity contribution in [1.29, 1.82) is 0 Å². The van der Waals surface area contributed by atoms with Gasteiger partial charge in [0.2, 0.25) is 5.91 Å². The summed E-state index contributed by atoms with van der Waals surface area (Å²) in [4.78, 5) is 57.5. The fraction of sp³-hybridized carbons (Fsp3) is 0.419. The zero-order valence-corrected chi connectivity index (χ0v) is 33.6. The number of aliphatic hydroxyl groups is 1. The van der Waals surface area contributed by atoms with E-state index in [-0.39, 0.29) is 37.3 Å². The van der Waals surface area contributed by atoms with Crippen molar-refractivity contribution in [2.45, 2.75) is 83.8 Å². The molecule has 10 nitrogen and oxygen atoms in total. The van der Waals surface area contributed by atoms with Gasteiger partial charge >= 0.3 is 0 Å². The highest BCUT2D eigenvalue weighted by molar-refractivity contribution is 6.71. The molecule has 288 valence electrons. The van der Waals surface area contributed by atoms with Crippen LogP contribution in [0.3, 0.4) is 0 Å². The summed E-state index contributed by atoms with van der Waals surface area (Å²) < 4.78 is 12.2. The summed E-state index contributed by atoms with van der Waals surface area (Å²) in [6.45, 7) is 12.4. The fourth-order valence-electron chi connectivity index (χ4n) is 7.94. The maximum absolute atomic E-state index is 15.0. The molecule has 2 aliphatic rings. The van der Waals surface area contributed by atoms with E-state index in [0.717, 1.165) is 24.0 Å². The number of benzene rings is 3. The summed E-state index contributed by atoms with van der Waals surface area (Å²) in [5.74, 6) is -0.685. The van der Waals surface area contributed by atoms with Gasteiger partial charge in [-0.05, 0) is 94.7 Å². The van der Waals surface area contributed by atoms with Gasteiger partial charge in [-0.3, -0.25) is 14.4 Å².